The van der Waals surface area contributed by atoms with E-state index in [1.165, 1.54) is 12.1 Å². The van der Waals surface area contributed by atoms with Crippen LogP contribution in [0.2, 0.25) is 0 Å². The van der Waals surface area contributed by atoms with Crippen LogP contribution in [0.15, 0.2) is 48.5 Å². The molecule has 3 aromatic rings. The van der Waals surface area contributed by atoms with Gasteiger partial charge in [0.15, 0.2) is 0 Å². The molecule has 1 aliphatic rings. The van der Waals surface area contributed by atoms with Gasteiger partial charge in [-0.05, 0) is 60.7 Å². The molecule has 7 heteroatoms. The fourth-order valence-electron chi connectivity index (χ4n) is 4.32. The number of likely N-dealkylation sites (tertiary alicyclic amines) is 1. The quantitative estimate of drug-likeness (QED) is 0.547. The van der Waals surface area contributed by atoms with E-state index in [-0.39, 0.29) is 30.2 Å². The highest BCUT2D eigenvalue weighted by molar-refractivity contribution is 5.91. The van der Waals surface area contributed by atoms with E-state index in [9.17, 15) is 14.0 Å². The first-order valence-corrected chi connectivity index (χ1v) is 10.6. The molecule has 1 aromatic heterocycles. The van der Waals surface area contributed by atoms with Crippen molar-refractivity contribution in [3.8, 4) is 11.3 Å². The number of aromatic amines is 1. The number of primary amides is 1. The molecule has 0 saturated carbocycles. The number of nitrogens with one attached hydrogen (secondary N) is 2. The zero-order valence-electron chi connectivity index (χ0n) is 17.4. The van der Waals surface area contributed by atoms with Gasteiger partial charge in [0.25, 0.3) is 0 Å². The van der Waals surface area contributed by atoms with Crippen molar-refractivity contribution in [3.63, 3.8) is 0 Å². The van der Waals surface area contributed by atoms with Gasteiger partial charge in [0, 0.05) is 42.1 Å². The maximum absolute atomic E-state index is 13.4. The Morgan fingerprint density at radius 1 is 1.10 bits per heavy atom. The standard InChI is InChI=1S/C24H27FN4O2/c25-17-7-5-16(6-8-17)24-20(19-3-1-2-4-21(19)28-24)9-10-23(31)27-18-11-13-29(14-12-18)15-22(26)30/h1-8,18,28H,9-15H2,(H2,26,30)(H,27,31). The summed E-state index contributed by atoms with van der Waals surface area (Å²) < 4.78 is 13.4. The topological polar surface area (TPSA) is 91.2 Å². The molecule has 162 valence electrons. The monoisotopic (exact) mass is 422 g/mol. The average Bonchev–Trinajstić information content (AvgIpc) is 3.12. The van der Waals surface area contributed by atoms with Crippen LogP contribution in [0.5, 0.6) is 0 Å². The van der Waals surface area contributed by atoms with Crippen LogP contribution in [-0.4, -0.2) is 47.4 Å². The summed E-state index contributed by atoms with van der Waals surface area (Å²) in [6.07, 6.45) is 2.58. The molecule has 31 heavy (non-hydrogen) atoms. The van der Waals surface area contributed by atoms with Gasteiger partial charge in [0.1, 0.15) is 5.82 Å². The molecule has 0 aliphatic carbocycles. The Kier molecular flexibility index (Phi) is 6.32. The summed E-state index contributed by atoms with van der Waals surface area (Å²) in [5.41, 5.74) is 9.14. The number of hydrogen-bond acceptors (Lipinski definition) is 3. The van der Waals surface area contributed by atoms with Crippen molar-refractivity contribution >= 4 is 22.7 Å². The molecule has 1 saturated heterocycles. The lowest BCUT2D eigenvalue weighted by Gasteiger charge is -2.31. The Morgan fingerprint density at radius 3 is 2.52 bits per heavy atom. The van der Waals surface area contributed by atoms with E-state index < -0.39 is 0 Å². The molecule has 2 heterocycles. The molecule has 0 atom stereocenters. The number of para-hydroxylation sites is 1. The number of carbonyl (C=O) groups excluding carboxylic acids is 2. The number of piperidine rings is 1. The second-order valence-electron chi connectivity index (χ2n) is 8.12. The van der Waals surface area contributed by atoms with Crippen molar-refractivity contribution in [2.45, 2.75) is 31.7 Å². The number of nitrogens with zero attached hydrogens (tertiary/aromatic N) is 1. The number of nitrogens with two attached hydrogens (primary N) is 1. The summed E-state index contributed by atoms with van der Waals surface area (Å²) in [5, 5.41) is 4.21. The van der Waals surface area contributed by atoms with Crippen molar-refractivity contribution in [1.29, 1.82) is 0 Å². The molecule has 1 fully saturated rings. The normalized spacial score (nSPS) is 15.3. The molecule has 0 spiro atoms. The molecule has 0 bridgehead atoms. The Morgan fingerprint density at radius 2 is 1.81 bits per heavy atom. The van der Waals surface area contributed by atoms with E-state index in [1.54, 1.807) is 12.1 Å². The number of benzene rings is 2. The molecule has 0 radical (unpaired) electrons. The second-order valence-corrected chi connectivity index (χ2v) is 8.12. The highest BCUT2D eigenvalue weighted by Crippen LogP contribution is 2.31. The third-order valence-electron chi connectivity index (χ3n) is 5.88. The van der Waals surface area contributed by atoms with E-state index in [0.29, 0.717) is 12.8 Å². The highest BCUT2D eigenvalue weighted by atomic mass is 19.1. The van der Waals surface area contributed by atoms with Crippen molar-refractivity contribution in [2.75, 3.05) is 19.6 Å². The van der Waals surface area contributed by atoms with Gasteiger partial charge in [-0.25, -0.2) is 4.39 Å². The largest absolute Gasteiger partial charge is 0.369 e. The predicted molar refractivity (Wildman–Crippen MR) is 119 cm³/mol. The summed E-state index contributed by atoms with van der Waals surface area (Å²) in [6, 6.07) is 14.5. The number of fused-ring (bicyclic) bond motifs is 1. The second kappa shape index (κ2) is 9.31. The number of aryl methyl sites for hydroxylation is 1. The van der Waals surface area contributed by atoms with Crippen LogP contribution in [0.4, 0.5) is 4.39 Å². The minimum atomic E-state index is -0.321. The van der Waals surface area contributed by atoms with Crippen molar-refractivity contribution < 1.29 is 14.0 Å². The molecule has 2 amide bonds. The summed E-state index contributed by atoms with van der Waals surface area (Å²) >= 11 is 0. The van der Waals surface area contributed by atoms with Gasteiger partial charge in [-0.3, -0.25) is 14.5 Å². The SMILES string of the molecule is NC(=O)CN1CCC(NC(=O)CCc2c(-c3ccc(F)cc3)[nH]c3ccccc23)CC1. The van der Waals surface area contributed by atoms with Crippen LogP contribution in [0.3, 0.4) is 0 Å². The summed E-state index contributed by atoms with van der Waals surface area (Å²) in [7, 11) is 0. The summed E-state index contributed by atoms with van der Waals surface area (Å²) in [6.45, 7) is 1.78. The summed E-state index contributed by atoms with van der Waals surface area (Å²) in [5.74, 6) is -0.579. The molecular weight excluding hydrogens is 395 g/mol. The third-order valence-corrected chi connectivity index (χ3v) is 5.88. The van der Waals surface area contributed by atoms with Crippen LogP contribution in [-0.2, 0) is 16.0 Å². The fourth-order valence-corrected chi connectivity index (χ4v) is 4.32. The smallest absolute Gasteiger partial charge is 0.231 e. The first-order valence-electron chi connectivity index (χ1n) is 10.6. The van der Waals surface area contributed by atoms with E-state index >= 15 is 0 Å². The Bertz CT molecular complexity index is 1070. The number of amides is 2. The van der Waals surface area contributed by atoms with Gasteiger partial charge in [0.2, 0.25) is 11.8 Å². The number of aromatic nitrogens is 1. The van der Waals surface area contributed by atoms with Gasteiger partial charge in [0.05, 0.1) is 6.54 Å². The van der Waals surface area contributed by atoms with Crippen LogP contribution >= 0.6 is 0 Å². The first kappa shape index (κ1) is 21.1. The Hall–Kier alpha value is -3.19. The minimum Gasteiger partial charge on any atom is -0.369 e. The minimum absolute atomic E-state index is 0.0173. The number of rotatable bonds is 7. The van der Waals surface area contributed by atoms with E-state index in [4.69, 9.17) is 5.73 Å². The lowest BCUT2D eigenvalue weighted by atomic mass is 10.00. The van der Waals surface area contributed by atoms with Gasteiger partial charge in [-0.1, -0.05) is 18.2 Å². The predicted octanol–water partition coefficient (Wildman–Crippen LogP) is 2.97. The van der Waals surface area contributed by atoms with Crippen LogP contribution in [0.25, 0.3) is 22.2 Å². The van der Waals surface area contributed by atoms with E-state index in [1.807, 2.05) is 29.2 Å². The molecule has 1 aliphatic heterocycles. The fraction of sp³-hybridized carbons (Fsp3) is 0.333. The zero-order valence-corrected chi connectivity index (χ0v) is 17.4. The number of H-pyrrole nitrogens is 1. The molecule has 0 unspecified atom stereocenters. The van der Waals surface area contributed by atoms with Crippen molar-refractivity contribution in [2.24, 2.45) is 5.73 Å². The Balaban J connectivity index is 1.42. The maximum atomic E-state index is 13.4. The van der Waals surface area contributed by atoms with E-state index in [0.717, 1.165) is 53.7 Å². The molecular formula is C24H27FN4O2. The first-order chi connectivity index (χ1) is 15.0. The van der Waals surface area contributed by atoms with Gasteiger partial charge < -0.3 is 16.0 Å². The van der Waals surface area contributed by atoms with Crippen LogP contribution in [0, 0.1) is 5.82 Å². The molecule has 2 aromatic carbocycles. The van der Waals surface area contributed by atoms with Gasteiger partial charge in [-0.2, -0.15) is 0 Å². The lowest BCUT2D eigenvalue weighted by Crippen LogP contribution is -2.46. The van der Waals surface area contributed by atoms with Crippen LogP contribution in [0.1, 0.15) is 24.8 Å². The lowest BCUT2D eigenvalue weighted by molar-refractivity contribution is -0.123. The number of carbonyl (C=O) groups is 2. The van der Waals surface area contributed by atoms with Gasteiger partial charge in [-0.15, -0.1) is 0 Å². The third kappa shape index (κ3) is 5.11. The van der Waals surface area contributed by atoms with Crippen molar-refractivity contribution in [1.82, 2.24) is 15.2 Å². The van der Waals surface area contributed by atoms with Gasteiger partial charge >= 0.3 is 0 Å². The zero-order chi connectivity index (χ0) is 21.8. The highest BCUT2D eigenvalue weighted by Gasteiger charge is 2.22. The molecule has 6 nitrogen and oxygen atoms in total. The molecule has 4 N–H and O–H groups in total. The summed E-state index contributed by atoms with van der Waals surface area (Å²) in [4.78, 5) is 29.1. The average molecular weight is 423 g/mol. The number of halogens is 1. The number of hydrogen-bond donors (Lipinski definition) is 3. The van der Waals surface area contributed by atoms with Crippen LogP contribution < -0.4 is 11.1 Å². The maximum Gasteiger partial charge on any atom is 0.231 e. The van der Waals surface area contributed by atoms with E-state index in [2.05, 4.69) is 10.3 Å². The molecule has 4 rings (SSSR count). The van der Waals surface area contributed by atoms with Crippen molar-refractivity contribution in [3.05, 3.63) is 59.9 Å². The Labute approximate surface area is 180 Å².